The highest BCUT2D eigenvalue weighted by Gasteiger charge is 2.69. The van der Waals surface area contributed by atoms with Crippen molar-refractivity contribution in [3.8, 4) is 0 Å². The van der Waals surface area contributed by atoms with E-state index in [-0.39, 0.29) is 12.2 Å². The van der Waals surface area contributed by atoms with E-state index >= 15 is 0 Å². The van der Waals surface area contributed by atoms with Crippen LogP contribution in [0.4, 0.5) is 18.9 Å². The molecule has 0 radical (unpaired) electrons. The molecule has 3 rings (SSSR count). The van der Waals surface area contributed by atoms with E-state index < -0.39 is 35.6 Å². The van der Waals surface area contributed by atoms with Gasteiger partial charge >= 0.3 is 12.1 Å². The predicted molar refractivity (Wildman–Crippen MR) is 81.1 cm³/mol. The summed E-state index contributed by atoms with van der Waals surface area (Å²) < 4.78 is 45.2. The van der Waals surface area contributed by atoms with E-state index in [1.807, 2.05) is 0 Å². The number of aryl methyl sites for hydroxylation is 1. The van der Waals surface area contributed by atoms with Gasteiger partial charge in [0.25, 0.3) is 5.91 Å². The quantitative estimate of drug-likeness (QED) is 0.766. The second kappa shape index (κ2) is 5.53. The standard InChI is InChI=1S/C16H16F3N3O3/c1-4-25-13(23)11-12(16(17,18)19)20-21-15(11)9-7-8(2)5-6-10(9)22(3)14(15)24/h5-7,11-12H,4H2,1-3H3/t11-,12-,15?/m1/s1. The summed E-state index contributed by atoms with van der Waals surface area (Å²) in [6.07, 6.45) is -4.82. The van der Waals surface area contributed by atoms with Crippen LogP contribution < -0.4 is 4.90 Å². The Bertz CT molecular complexity index is 778. The molecule has 1 aromatic carbocycles. The highest BCUT2D eigenvalue weighted by atomic mass is 19.4. The van der Waals surface area contributed by atoms with Gasteiger partial charge in [-0.05, 0) is 19.9 Å². The zero-order valence-corrected chi connectivity index (χ0v) is 13.8. The van der Waals surface area contributed by atoms with Gasteiger partial charge in [-0.1, -0.05) is 17.7 Å². The SMILES string of the molecule is CCOC(=O)[C@H]1[C@H](C(F)(F)F)N=NC12C(=O)N(C)c1ccc(C)cc12. The number of alkyl halides is 3. The number of esters is 1. The van der Waals surface area contributed by atoms with Gasteiger partial charge in [-0.3, -0.25) is 9.59 Å². The number of likely N-dealkylation sites (N-methyl/N-ethyl adjacent to an activating group) is 1. The van der Waals surface area contributed by atoms with Crippen molar-refractivity contribution >= 4 is 17.6 Å². The molecule has 9 heteroatoms. The van der Waals surface area contributed by atoms with E-state index in [0.717, 1.165) is 5.56 Å². The molecular formula is C16H16F3N3O3. The lowest BCUT2D eigenvalue weighted by atomic mass is 9.76. The van der Waals surface area contributed by atoms with Crippen LogP contribution in [0.3, 0.4) is 0 Å². The Morgan fingerprint density at radius 3 is 2.68 bits per heavy atom. The molecule has 2 aliphatic rings. The zero-order valence-electron chi connectivity index (χ0n) is 13.8. The smallest absolute Gasteiger partial charge is 0.413 e. The molecule has 0 N–H and O–H groups in total. The van der Waals surface area contributed by atoms with Gasteiger partial charge in [0.1, 0.15) is 5.92 Å². The van der Waals surface area contributed by atoms with Crippen molar-refractivity contribution in [1.82, 2.24) is 0 Å². The number of ether oxygens (including phenoxy) is 1. The van der Waals surface area contributed by atoms with Crippen molar-refractivity contribution in [1.29, 1.82) is 0 Å². The molecule has 1 aromatic rings. The van der Waals surface area contributed by atoms with Gasteiger partial charge in [-0.25, -0.2) is 0 Å². The van der Waals surface area contributed by atoms with Gasteiger partial charge in [0, 0.05) is 18.3 Å². The third-order valence-corrected chi connectivity index (χ3v) is 4.54. The summed E-state index contributed by atoms with van der Waals surface area (Å²) in [5.74, 6) is -3.74. The number of azo groups is 1. The summed E-state index contributed by atoms with van der Waals surface area (Å²) >= 11 is 0. The fourth-order valence-corrected chi connectivity index (χ4v) is 3.42. The van der Waals surface area contributed by atoms with E-state index in [1.165, 1.54) is 18.9 Å². The molecule has 2 aliphatic heterocycles. The van der Waals surface area contributed by atoms with E-state index in [4.69, 9.17) is 4.74 Å². The van der Waals surface area contributed by atoms with E-state index in [2.05, 4.69) is 10.2 Å². The fourth-order valence-electron chi connectivity index (χ4n) is 3.42. The van der Waals surface area contributed by atoms with Crippen LogP contribution in [0.25, 0.3) is 0 Å². The van der Waals surface area contributed by atoms with Gasteiger partial charge in [-0.2, -0.15) is 23.4 Å². The number of hydrogen-bond donors (Lipinski definition) is 0. The molecule has 134 valence electrons. The van der Waals surface area contributed by atoms with Crippen LogP contribution in [0.5, 0.6) is 0 Å². The summed E-state index contributed by atoms with van der Waals surface area (Å²) in [5.41, 5.74) is -0.655. The molecule has 0 aliphatic carbocycles. The van der Waals surface area contributed by atoms with Crippen molar-refractivity contribution in [3.05, 3.63) is 29.3 Å². The van der Waals surface area contributed by atoms with E-state index in [1.54, 1.807) is 25.1 Å². The van der Waals surface area contributed by atoms with Gasteiger partial charge in [0.15, 0.2) is 6.04 Å². The van der Waals surface area contributed by atoms with Crippen LogP contribution in [0, 0.1) is 12.8 Å². The first-order chi connectivity index (χ1) is 11.6. The first-order valence-corrected chi connectivity index (χ1v) is 7.69. The summed E-state index contributed by atoms with van der Waals surface area (Å²) in [6.45, 7) is 3.11. The number of hydrogen-bond acceptors (Lipinski definition) is 5. The summed E-state index contributed by atoms with van der Waals surface area (Å²) in [4.78, 5) is 26.5. The van der Waals surface area contributed by atoms with E-state index in [9.17, 15) is 22.8 Å². The number of anilines is 1. The first-order valence-electron chi connectivity index (χ1n) is 7.69. The number of amides is 1. The normalized spacial score (nSPS) is 27.9. The lowest BCUT2D eigenvalue weighted by molar-refractivity contribution is -0.177. The number of halogens is 3. The van der Waals surface area contributed by atoms with Crippen LogP contribution in [-0.4, -0.2) is 37.7 Å². The molecule has 0 bridgehead atoms. The molecule has 0 fully saturated rings. The molecule has 6 nitrogen and oxygen atoms in total. The highest BCUT2D eigenvalue weighted by molar-refractivity contribution is 6.10. The lowest BCUT2D eigenvalue weighted by Gasteiger charge is -2.28. The molecule has 25 heavy (non-hydrogen) atoms. The molecular weight excluding hydrogens is 339 g/mol. The third-order valence-electron chi connectivity index (χ3n) is 4.54. The molecule has 0 aromatic heterocycles. The highest BCUT2D eigenvalue weighted by Crippen LogP contribution is 2.54. The minimum absolute atomic E-state index is 0.110. The van der Waals surface area contributed by atoms with Crippen molar-refractivity contribution < 1.29 is 27.5 Å². The molecule has 0 saturated heterocycles. The number of fused-ring (bicyclic) bond motifs is 2. The summed E-state index contributed by atoms with van der Waals surface area (Å²) in [6, 6.07) is 2.50. The Labute approximate surface area is 141 Å². The van der Waals surface area contributed by atoms with Crippen LogP contribution >= 0.6 is 0 Å². The van der Waals surface area contributed by atoms with Crippen LogP contribution in [0.2, 0.25) is 0 Å². The first kappa shape index (κ1) is 17.4. The maximum absolute atomic E-state index is 13.4. The Kier molecular flexibility index (Phi) is 3.85. The zero-order chi connectivity index (χ0) is 18.6. The van der Waals surface area contributed by atoms with Crippen LogP contribution in [0.15, 0.2) is 28.4 Å². The molecule has 1 unspecified atom stereocenters. The van der Waals surface area contributed by atoms with Gasteiger partial charge in [-0.15, -0.1) is 0 Å². The number of nitrogens with zero attached hydrogens (tertiary/aromatic N) is 3. The van der Waals surface area contributed by atoms with Crippen molar-refractivity contribution in [2.45, 2.75) is 31.6 Å². The van der Waals surface area contributed by atoms with Crippen LogP contribution in [-0.2, 0) is 19.9 Å². The van der Waals surface area contributed by atoms with Crippen molar-refractivity contribution in [2.75, 3.05) is 18.6 Å². The minimum atomic E-state index is -4.82. The molecule has 2 heterocycles. The topological polar surface area (TPSA) is 71.3 Å². The maximum atomic E-state index is 13.4. The van der Waals surface area contributed by atoms with Crippen LogP contribution in [0.1, 0.15) is 18.1 Å². The lowest BCUT2D eigenvalue weighted by Crippen LogP contribution is -2.51. The van der Waals surface area contributed by atoms with Gasteiger partial charge < -0.3 is 9.64 Å². The Hall–Kier alpha value is -2.45. The van der Waals surface area contributed by atoms with Crippen molar-refractivity contribution in [2.24, 2.45) is 16.1 Å². The third kappa shape index (κ3) is 2.32. The predicted octanol–water partition coefficient (Wildman–Crippen LogP) is 2.74. The largest absolute Gasteiger partial charge is 0.466 e. The Balaban J connectivity index is 2.23. The second-order valence-electron chi connectivity index (χ2n) is 6.08. The number of rotatable bonds is 2. The molecule has 0 saturated carbocycles. The Morgan fingerprint density at radius 2 is 2.08 bits per heavy atom. The van der Waals surface area contributed by atoms with Gasteiger partial charge in [0.05, 0.1) is 6.61 Å². The average molecular weight is 355 g/mol. The van der Waals surface area contributed by atoms with E-state index in [0.29, 0.717) is 5.69 Å². The molecule has 1 amide bonds. The minimum Gasteiger partial charge on any atom is -0.466 e. The van der Waals surface area contributed by atoms with Crippen molar-refractivity contribution in [3.63, 3.8) is 0 Å². The summed E-state index contributed by atoms with van der Waals surface area (Å²) in [7, 11) is 1.43. The number of carbonyl (C=O) groups excluding carboxylic acids is 2. The second-order valence-corrected chi connectivity index (χ2v) is 6.08. The number of benzene rings is 1. The average Bonchev–Trinajstić information content (AvgIpc) is 3.02. The monoisotopic (exact) mass is 355 g/mol. The fraction of sp³-hybridized carbons (Fsp3) is 0.500. The molecule has 3 atom stereocenters. The maximum Gasteiger partial charge on any atom is 0.413 e. The number of carbonyl (C=O) groups is 2. The Morgan fingerprint density at radius 1 is 1.40 bits per heavy atom. The summed E-state index contributed by atoms with van der Waals surface area (Å²) in [5, 5.41) is 7.02. The molecule has 1 spiro atoms. The van der Waals surface area contributed by atoms with Gasteiger partial charge in [0.2, 0.25) is 5.54 Å².